The first kappa shape index (κ1) is 19.0. The summed E-state index contributed by atoms with van der Waals surface area (Å²) in [7, 11) is 4.92. The quantitative estimate of drug-likeness (QED) is 0.710. The molecule has 8 nitrogen and oxygen atoms in total. The molecule has 4 rings (SSSR count). The van der Waals surface area contributed by atoms with Gasteiger partial charge in [0.1, 0.15) is 28.3 Å². The van der Waals surface area contributed by atoms with Crippen molar-refractivity contribution in [1.82, 2.24) is 20.3 Å². The Kier molecular flexibility index (Phi) is 4.96. The van der Waals surface area contributed by atoms with Gasteiger partial charge >= 0.3 is 0 Å². The van der Waals surface area contributed by atoms with Gasteiger partial charge in [-0.05, 0) is 12.5 Å². The predicted octanol–water partition coefficient (Wildman–Crippen LogP) is 2.47. The molecular weight excluding hydrogens is 377 g/mol. The van der Waals surface area contributed by atoms with Crippen LogP contribution >= 0.6 is 0 Å². The lowest BCUT2D eigenvalue weighted by Gasteiger charge is -2.26. The van der Waals surface area contributed by atoms with E-state index in [9.17, 15) is 9.18 Å². The predicted molar refractivity (Wildman–Crippen MR) is 106 cm³/mol. The lowest BCUT2D eigenvalue weighted by Crippen LogP contribution is -2.39. The fourth-order valence-electron chi connectivity index (χ4n) is 3.65. The van der Waals surface area contributed by atoms with Gasteiger partial charge in [-0.1, -0.05) is 0 Å². The molecule has 0 radical (unpaired) electrons. The minimum atomic E-state index is -0.601. The van der Waals surface area contributed by atoms with Crippen molar-refractivity contribution in [2.75, 3.05) is 39.3 Å². The van der Waals surface area contributed by atoms with Crippen molar-refractivity contribution < 1.29 is 18.7 Å². The van der Waals surface area contributed by atoms with Gasteiger partial charge in [0.25, 0.3) is 5.91 Å². The van der Waals surface area contributed by atoms with Crippen LogP contribution < -0.4 is 14.4 Å². The van der Waals surface area contributed by atoms with E-state index < -0.39 is 5.82 Å². The molecule has 0 aliphatic carbocycles. The number of carbonyl (C=O) groups excluding carboxylic acids is 1. The Morgan fingerprint density at radius 1 is 1.14 bits per heavy atom. The van der Waals surface area contributed by atoms with Gasteiger partial charge in [0.05, 0.1) is 25.8 Å². The second-order valence-corrected chi connectivity index (χ2v) is 7.02. The molecule has 1 fully saturated rings. The van der Waals surface area contributed by atoms with E-state index in [1.165, 1.54) is 12.1 Å². The summed E-state index contributed by atoms with van der Waals surface area (Å²) in [5.74, 6) is 0.434. The normalized spacial score (nSPS) is 16.3. The number of nitrogens with zero attached hydrogens (tertiary/aromatic N) is 4. The van der Waals surface area contributed by atoms with Crippen LogP contribution in [0.25, 0.3) is 11.0 Å². The number of hydrogen-bond acceptors (Lipinski definition) is 6. The number of anilines is 1. The Balaban J connectivity index is 1.52. The molecule has 2 heterocycles. The molecule has 1 aromatic heterocycles. The maximum atomic E-state index is 14.4. The molecule has 0 saturated carbocycles. The zero-order valence-electron chi connectivity index (χ0n) is 16.5. The standard InChI is InChI=1S/C20H22FN5O3/c1-25(20(27)16-9-18-19(10-17(16)21)23-24-22-18)12-4-5-26(11-12)13-6-14(28-2)8-15(7-13)29-3/h6-10,12H,4-5,11H2,1-3H3,(H,22,23,24). The lowest BCUT2D eigenvalue weighted by atomic mass is 10.1. The summed E-state index contributed by atoms with van der Waals surface area (Å²) >= 11 is 0. The molecule has 1 aliphatic heterocycles. The molecule has 29 heavy (non-hydrogen) atoms. The number of H-pyrrole nitrogens is 1. The number of fused-ring (bicyclic) bond motifs is 1. The molecule has 1 N–H and O–H groups in total. The Bertz CT molecular complexity index is 1030. The van der Waals surface area contributed by atoms with Crippen LogP contribution in [0.2, 0.25) is 0 Å². The second kappa shape index (κ2) is 7.57. The molecule has 0 spiro atoms. The average Bonchev–Trinajstić information content (AvgIpc) is 3.41. The van der Waals surface area contributed by atoms with Gasteiger partial charge in [0.15, 0.2) is 0 Å². The first-order valence-corrected chi connectivity index (χ1v) is 9.25. The number of methoxy groups -OCH3 is 2. The first-order valence-electron chi connectivity index (χ1n) is 9.25. The van der Waals surface area contributed by atoms with E-state index in [0.29, 0.717) is 29.1 Å². The molecule has 1 aliphatic rings. The summed E-state index contributed by atoms with van der Waals surface area (Å²) in [6, 6.07) is 8.30. The smallest absolute Gasteiger partial charge is 0.256 e. The number of aromatic nitrogens is 3. The summed E-state index contributed by atoms with van der Waals surface area (Å²) in [6.07, 6.45) is 0.773. The van der Waals surface area contributed by atoms with E-state index >= 15 is 0 Å². The van der Waals surface area contributed by atoms with Crippen LogP contribution in [0.4, 0.5) is 10.1 Å². The molecule has 1 unspecified atom stereocenters. The largest absolute Gasteiger partial charge is 0.497 e. The van der Waals surface area contributed by atoms with E-state index in [4.69, 9.17) is 9.47 Å². The molecular formula is C20H22FN5O3. The summed E-state index contributed by atoms with van der Waals surface area (Å²) in [4.78, 5) is 16.7. The minimum Gasteiger partial charge on any atom is -0.497 e. The number of carbonyl (C=O) groups is 1. The summed E-state index contributed by atoms with van der Waals surface area (Å²) in [5.41, 5.74) is 1.80. The van der Waals surface area contributed by atoms with Gasteiger partial charge in [0, 0.05) is 50.1 Å². The third-order valence-corrected chi connectivity index (χ3v) is 5.37. The number of benzene rings is 2. The highest BCUT2D eigenvalue weighted by Crippen LogP contribution is 2.31. The summed E-state index contributed by atoms with van der Waals surface area (Å²) < 4.78 is 25.1. The molecule has 0 bridgehead atoms. The van der Waals surface area contributed by atoms with Crippen LogP contribution in [0.5, 0.6) is 11.5 Å². The molecule has 9 heteroatoms. The topological polar surface area (TPSA) is 83.6 Å². The van der Waals surface area contributed by atoms with Crippen molar-refractivity contribution >= 4 is 22.6 Å². The van der Waals surface area contributed by atoms with E-state index in [2.05, 4.69) is 20.3 Å². The van der Waals surface area contributed by atoms with Crippen LogP contribution in [0, 0.1) is 5.82 Å². The van der Waals surface area contributed by atoms with Gasteiger partial charge in [0.2, 0.25) is 0 Å². The van der Waals surface area contributed by atoms with Crippen molar-refractivity contribution in [3.8, 4) is 11.5 Å². The third kappa shape index (κ3) is 3.55. The number of ether oxygens (including phenoxy) is 2. The van der Waals surface area contributed by atoms with Crippen LogP contribution in [0.15, 0.2) is 30.3 Å². The molecule has 2 aromatic carbocycles. The fraction of sp³-hybridized carbons (Fsp3) is 0.350. The number of halogens is 1. The highest BCUT2D eigenvalue weighted by molar-refractivity contribution is 5.97. The molecule has 3 aromatic rings. The Labute approximate surface area is 167 Å². The average molecular weight is 399 g/mol. The van der Waals surface area contributed by atoms with Gasteiger partial charge in [-0.3, -0.25) is 4.79 Å². The number of amides is 1. The number of hydrogen-bond donors (Lipinski definition) is 1. The van der Waals surface area contributed by atoms with Gasteiger partial charge in [-0.25, -0.2) is 4.39 Å². The number of nitrogens with one attached hydrogen (secondary N) is 1. The number of rotatable bonds is 5. The molecule has 1 atom stereocenters. The summed E-state index contributed by atoms with van der Waals surface area (Å²) in [6.45, 7) is 1.40. The monoisotopic (exact) mass is 399 g/mol. The van der Waals surface area contributed by atoms with E-state index in [-0.39, 0.29) is 17.5 Å². The molecule has 152 valence electrons. The maximum absolute atomic E-state index is 14.4. The van der Waals surface area contributed by atoms with E-state index in [0.717, 1.165) is 18.7 Å². The van der Waals surface area contributed by atoms with Gasteiger partial charge in [-0.2, -0.15) is 15.4 Å². The molecule has 1 amide bonds. The van der Waals surface area contributed by atoms with Crippen molar-refractivity contribution in [3.63, 3.8) is 0 Å². The Hall–Kier alpha value is -3.36. The minimum absolute atomic E-state index is 0.00426. The number of likely N-dealkylation sites (N-methyl/N-ethyl adjacent to an activating group) is 1. The summed E-state index contributed by atoms with van der Waals surface area (Å²) in [5, 5.41) is 10.2. The Morgan fingerprint density at radius 3 is 2.45 bits per heavy atom. The van der Waals surface area contributed by atoms with Crippen LogP contribution in [-0.4, -0.2) is 66.6 Å². The fourth-order valence-corrected chi connectivity index (χ4v) is 3.65. The van der Waals surface area contributed by atoms with Crippen molar-refractivity contribution in [2.45, 2.75) is 12.5 Å². The number of aromatic amines is 1. The third-order valence-electron chi connectivity index (χ3n) is 5.37. The van der Waals surface area contributed by atoms with Gasteiger partial charge in [-0.15, -0.1) is 0 Å². The van der Waals surface area contributed by atoms with Crippen molar-refractivity contribution in [3.05, 3.63) is 41.7 Å². The van der Waals surface area contributed by atoms with E-state index in [1.807, 2.05) is 18.2 Å². The highest BCUT2D eigenvalue weighted by Gasteiger charge is 2.30. The van der Waals surface area contributed by atoms with Crippen molar-refractivity contribution in [2.24, 2.45) is 0 Å². The zero-order chi connectivity index (χ0) is 20.5. The second-order valence-electron chi connectivity index (χ2n) is 7.02. The van der Waals surface area contributed by atoms with Crippen LogP contribution in [0.3, 0.4) is 0 Å². The van der Waals surface area contributed by atoms with E-state index in [1.54, 1.807) is 26.2 Å². The lowest BCUT2D eigenvalue weighted by molar-refractivity contribution is 0.0740. The maximum Gasteiger partial charge on any atom is 0.256 e. The zero-order valence-corrected chi connectivity index (χ0v) is 16.5. The SMILES string of the molecule is COc1cc(OC)cc(N2CCC(N(C)C(=O)c3cc4n[nH]nc4cc3F)C2)c1. The Morgan fingerprint density at radius 2 is 1.79 bits per heavy atom. The highest BCUT2D eigenvalue weighted by atomic mass is 19.1. The molecule has 1 saturated heterocycles. The van der Waals surface area contributed by atoms with Crippen LogP contribution in [0.1, 0.15) is 16.8 Å². The van der Waals surface area contributed by atoms with Crippen LogP contribution in [-0.2, 0) is 0 Å². The first-order chi connectivity index (χ1) is 14.0. The van der Waals surface area contributed by atoms with Crippen molar-refractivity contribution in [1.29, 1.82) is 0 Å². The van der Waals surface area contributed by atoms with Gasteiger partial charge < -0.3 is 19.3 Å².